The zero-order valence-corrected chi connectivity index (χ0v) is 14.0. The minimum atomic E-state index is -0.346. The topological polar surface area (TPSA) is 47.4 Å². The third kappa shape index (κ3) is 3.15. The molecule has 0 saturated heterocycles. The van der Waals surface area contributed by atoms with Crippen molar-refractivity contribution in [2.45, 2.75) is 33.4 Å². The van der Waals surface area contributed by atoms with Crippen molar-refractivity contribution in [3.8, 4) is 0 Å². The van der Waals surface area contributed by atoms with Gasteiger partial charge in [-0.1, -0.05) is 36.8 Å². The number of esters is 1. The lowest BCUT2D eigenvalue weighted by molar-refractivity contribution is 0.0590. The molecule has 1 aromatic carbocycles. The average molecular weight is 313 g/mol. The highest BCUT2D eigenvalue weighted by molar-refractivity contribution is 5.89. The summed E-state index contributed by atoms with van der Waals surface area (Å²) >= 11 is 0. The fraction of sp³-hybridized carbons (Fsp3) is 0.444. The number of fused-ring (bicyclic) bond motifs is 1. The van der Waals surface area contributed by atoms with Crippen molar-refractivity contribution < 1.29 is 9.53 Å². The molecule has 1 aromatic heterocycles. The molecule has 0 aliphatic carbocycles. The van der Waals surface area contributed by atoms with Gasteiger partial charge in [0.1, 0.15) is 0 Å². The van der Waals surface area contributed by atoms with Crippen LogP contribution in [0.3, 0.4) is 0 Å². The molecule has 5 nitrogen and oxygen atoms in total. The predicted molar refractivity (Wildman–Crippen MR) is 88.5 cm³/mol. The zero-order valence-electron chi connectivity index (χ0n) is 14.0. The van der Waals surface area contributed by atoms with E-state index in [-0.39, 0.29) is 5.97 Å². The second-order valence-corrected chi connectivity index (χ2v) is 6.03. The Morgan fingerprint density at radius 2 is 2.04 bits per heavy atom. The summed E-state index contributed by atoms with van der Waals surface area (Å²) in [5.41, 5.74) is 5.08. The highest BCUT2D eigenvalue weighted by atomic mass is 16.5. The molecule has 1 aliphatic rings. The molecule has 0 bridgehead atoms. The highest BCUT2D eigenvalue weighted by Crippen LogP contribution is 2.24. The van der Waals surface area contributed by atoms with Gasteiger partial charge in [-0.3, -0.25) is 9.58 Å². The van der Waals surface area contributed by atoms with E-state index >= 15 is 0 Å². The summed E-state index contributed by atoms with van der Waals surface area (Å²) in [7, 11) is 1.41. The monoisotopic (exact) mass is 313 g/mol. The number of hydrogen-bond donors (Lipinski definition) is 0. The molecule has 2 heterocycles. The van der Waals surface area contributed by atoms with E-state index < -0.39 is 0 Å². The summed E-state index contributed by atoms with van der Waals surface area (Å²) in [6.07, 6.45) is 0.916. The van der Waals surface area contributed by atoms with E-state index in [1.807, 2.05) is 4.68 Å². The van der Waals surface area contributed by atoms with E-state index in [4.69, 9.17) is 4.74 Å². The third-order valence-corrected chi connectivity index (χ3v) is 4.49. The summed E-state index contributed by atoms with van der Waals surface area (Å²) in [6, 6.07) is 8.43. The Labute approximate surface area is 136 Å². The maximum atomic E-state index is 12.1. The van der Waals surface area contributed by atoms with Gasteiger partial charge in [0.2, 0.25) is 0 Å². The molecule has 0 radical (unpaired) electrons. The van der Waals surface area contributed by atoms with Crippen LogP contribution in [-0.4, -0.2) is 40.8 Å². The van der Waals surface area contributed by atoms with Crippen LogP contribution in [0.1, 0.15) is 39.8 Å². The van der Waals surface area contributed by atoms with Gasteiger partial charge in [0, 0.05) is 30.8 Å². The molecule has 2 aromatic rings. The van der Waals surface area contributed by atoms with Gasteiger partial charge >= 0.3 is 5.97 Å². The summed E-state index contributed by atoms with van der Waals surface area (Å²) in [6.45, 7) is 7.65. The number of nitrogens with zero attached hydrogens (tertiary/aromatic N) is 3. The van der Waals surface area contributed by atoms with Crippen LogP contribution in [0.15, 0.2) is 24.3 Å². The van der Waals surface area contributed by atoms with E-state index in [1.165, 1.54) is 18.2 Å². The molecule has 0 fully saturated rings. The molecule has 0 saturated carbocycles. The molecule has 0 amide bonds. The van der Waals surface area contributed by atoms with Crippen LogP contribution in [0.2, 0.25) is 0 Å². The first-order valence-corrected chi connectivity index (χ1v) is 8.07. The molecule has 5 heteroatoms. The lowest BCUT2D eigenvalue weighted by Crippen LogP contribution is -2.31. The van der Waals surface area contributed by atoms with Crippen LogP contribution in [0, 0.1) is 6.92 Å². The first kappa shape index (κ1) is 15.7. The minimum absolute atomic E-state index is 0.346. The predicted octanol–water partition coefficient (Wildman–Crippen LogP) is 2.40. The lowest BCUT2D eigenvalue weighted by Gasteiger charge is -2.26. The molecular weight excluding hydrogens is 290 g/mol. The Morgan fingerprint density at radius 1 is 1.30 bits per heavy atom. The first-order chi connectivity index (χ1) is 11.1. The van der Waals surface area contributed by atoms with Gasteiger partial charge in [0.15, 0.2) is 5.69 Å². The van der Waals surface area contributed by atoms with Gasteiger partial charge < -0.3 is 4.74 Å². The molecule has 0 N–H and O–H groups in total. The number of aryl methyl sites for hydroxylation is 1. The van der Waals surface area contributed by atoms with Gasteiger partial charge in [-0.25, -0.2) is 4.79 Å². The van der Waals surface area contributed by atoms with Crippen LogP contribution >= 0.6 is 0 Å². The standard InChI is InChI=1S/C18H23N3O2/c1-4-20-10-9-16-15(12-20)17(18(22)23-3)19-21(16)11-14-7-5-13(2)6-8-14/h5-8H,4,9-12H2,1-3H3. The van der Waals surface area contributed by atoms with E-state index in [2.05, 4.69) is 48.1 Å². The Hall–Kier alpha value is -2.14. The lowest BCUT2D eigenvalue weighted by atomic mass is 10.0. The quantitative estimate of drug-likeness (QED) is 0.813. The Morgan fingerprint density at radius 3 is 2.70 bits per heavy atom. The van der Waals surface area contributed by atoms with Crippen molar-refractivity contribution >= 4 is 5.97 Å². The van der Waals surface area contributed by atoms with Crippen molar-refractivity contribution in [2.75, 3.05) is 20.2 Å². The van der Waals surface area contributed by atoms with Crippen LogP contribution < -0.4 is 0 Å². The molecular formula is C18H23N3O2. The second kappa shape index (κ2) is 6.54. The largest absolute Gasteiger partial charge is 0.464 e. The zero-order chi connectivity index (χ0) is 16.4. The molecule has 1 aliphatic heterocycles. The minimum Gasteiger partial charge on any atom is -0.464 e. The Kier molecular flexibility index (Phi) is 4.48. The summed E-state index contributed by atoms with van der Waals surface area (Å²) in [4.78, 5) is 14.4. The van der Waals surface area contributed by atoms with Gasteiger partial charge in [0.25, 0.3) is 0 Å². The average Bonchev–Trinajstić information content (AvgIpc) is 2.94. The van der Waals surface area contributed by atoms with Crippen molar-refractivity contribution in [1.29, 1.82) is 0 Å². The number of aromatic nitrogens is 2. The summed E-state index contributed by atoms with van der Waals surface area (Å²) in [5, 5.41) is 4.56. The van der Waals surface area contributed by atoms with Crippen molar-refractivity contribution in [3.63, 3.8) is 0 Å². The maximum absolute atomic E-state index is 12.1. The van der Waals surface area contributed by atoms with E-state index in [9.17, 15) is 4.79 Å². The van der Waals surface area contributed by atoms with Gasteiger partial charge in [-0.05, 0) is 19.0 Å². The number of rotatable bonds is 4. The van der Waals surface area contributed by atoms with Crippen LogP contribution in [0.25, 0.3) is 0 Å². The fourth-order valence-corrected chi connectivity index (χ4v) is 3.07. The Bertz CT molecular complexity index is 704. The second-order valence-electron chi connectivity index (χ2n) is 6.03. The van der Waals surface area contributed by atoms with Crippen LogP contribution in [0.5, 0.6) is 0 Å². The number of hydrogen-bond acceptors (Lipinski definition) is 4. The Balaban J connectivity index is 1.96. The molecule has 3 rings (SSSR count). The van der Waals surface area contributed by atoms with E-state index in [0.29, 0.717) is 12.2 Å². The van der Waals surface area contributed by atoms with E-state index in [0.717, 1.165) is 37.3 Å². The van der Waals surface area contributed by atoms with Gasteiger partial charge in [-0.2, -0.15) is 5.10 Å². The number of carbonyl (C=O) groups is 1. The number of ether oxygens (including phenoxy) is 1. The number of methoxy groups -OCH3 is 1. The number of carbonyl (C=O) groups excluding carboxylic acids is 1. The normalized spacial score (nSPS) is 14.6. The van der Waals surface area contributed by atoms with E-state index in [1.54, 1.807) is 0 Å². The maximum Gasteiger partial charge on any atom is 0.358 e. The smallest absolute Gasteiger partial charge is 0.358 e. The number of benzene rings is 1. The molecule has 122 valence electrons. The number of likely N-dealkylation sites (N-methyl/N-ethyl adjacent to an activating group) is 1. The summed E-state index contributed by atoms with van der Waals surface area (Å²) in [5.74, 6) is -0.346. The van der Waals surface area contributed by atoms with Crippen LogP contribution in [0.4, 0.5) is 0 Å². The van der Waals surface area contributed by atoms with Crippen molar-refractivity contribution in [3.05, 3.63) is 52.3 Å². The third-order valence-electron chi connectivity index (χ3n) is 4.49. The molecule has 0 spiro atoms. The van der Waals surface area contributed by atoms with Gasteiger partial charge in [0.05, 0.1) is 13.7 Å². The molecule has 0 atom stereocenters. The fourth-order valence-electron chi connectivity index (χ4n) is 3.07. The molecule has 23 heavy (non-hydrogen) atoms. The molecule has 0 unspecified atom stereocenters. The first-order valence-electron chi connectivity index (χ1n) is 8.07. The SMILES string of the molecule is CCN1CCc2c(c(C(=O)OC)nn2Cc2ccc(C)cc2)C1. The van der Waals surface area contributed by atoms with Crippen LogP contribution in [-0.2, 0) is 24.2 Å². The van der Waals surface area contributed by atoms with Crippen molar-refractivity contribution in [2.24, 2.45) is 0 Å². The van der Waals surface area contributed by atoms with Gasteiger partial charge in [-0.15, -0.1) is 0 Å². The van der Waals surface area contributed by atoms with Crippen molar-refractivity contribution in [1.82, 2.24) is 14.7 Å². The highest BCUT2D eigenvalue weighted by Gasteiger charge is 2.28. The summed E-state index contributed by atoms with van der Waals surface area (Å²) < 4.78 is 6.89.